The highest BCUT2D eigenvalue weighted by Crippen LogP contribution is 2.33. The first-order chi connectivity index (χ1) is 22.6. The SMILES string of the molecule is CCCCCCc1ccccc1Cc1ccc(O)c(Cc2ccccc2CCCCCC)c1Cc1ccccc1CCCCCC. The van der Waals surface area contributed by atoms with Crippen LogP contribution in [-0.2, 0) is 38.5 Å². The minimum atomic E-state index is 0.438. The molecule has 0 saturated heterocycles. The lowest BCUT2D eigenvalue weighted by atomic mass is 9.85. The van der Waals surface area contributed by atoms with Crippen LogP contribution in [0.3, 0.4) is 0 Å². The van der Waals surface area contributed by atoms with E-state index in [-0.39, 0.29) is 0 Å². The number of phenols is 1. The van der Waals surface area contributed by atoms with Gasteiger partial charge in [0.15, 0.2) is 0 Å². The van der Waals surface area contributed by atoms with Crippen molar-refractivity contribution < 1.29 is 5.11 Å². The Hall–Kier alpha value is -3.32. The van der Waals surface area contributed by atoms with Crippen molar-refractivity contribution in [2.45, 2.75) is 136 Å². The molecule has 0 aliphatic rings. The Morgan fingerprint density at radius 3 is 1.13 bits per heavy atom. The highest BCUT2D eigenvalue weighted by molar-refractivity contribution is 5.52. The summed E-state index contributed by atoms with van der Waals surface area (Å²) in [6, 6.07) is 31.3. The summed E-state index contributed by atoms with van der Waals surface area (Å²) in [5.74, 6) is 0.438. The van der Waals surface area contributed by atoms with Crippen LogP contribution in [0.15, 0.2) is 84.9 Å². The van der Waals surface area contributed by atoms with E-state index in [1.807, 2.05) is 6.07 Å². The molecule has 0 spiro atoms. The van der Waals surface area contributed by atoms with E-state index in [2.05, 4.69) is 99.6 Å². The van der Waals surface area contributed by atoms with Crippen molar-refractivity contribution in [2.24, 2.45) is 0 Å². The molecule has 0 fully saturated rings. The van der Waals surface area contributed by atoms with Gasteiger partial charge in [-0.3, -0.25) is 0 Å². The lowest BCUT2D eigenvalue weighted by molar-refractivity contribution is 0.468. The fourth-order valence-corrected chi connectivity index (χ4v) is 7.05. The van der Waals surface area contributed by atoms with Crippen molar-refractivity contribution in [3.63, 3.8) is 0 Å². The van der Waals surface area contributed by atoms with E-state index in [1.54, 1.807) is 0 Å². The Morgan fingerprint density at radius 1 is 0.348 bits per heavy atom. The standard InChI is InChI=1S/C45H60O/c1-4-7-10-13-22-36-25-16-19-28-39(36)33-42-31-32-45(46)44(35-41-30-21-18-27-38(41)24-15-12-9-6-3)43(42)34-40-29-20-17-26-37(40)23-14-11-8-5-2/h16-21,25-32,46H,4-15,22-24,33-35H2,1-3H3. The van der Waals surface area contributed by atoms with E-state index in [1.165, 1.54) is 122 Å². The highest BCUT2D eigenvalue weighted by atomic mass is 16.3. The van der Waals surface area contributed by atoms with Crippen molar-refractivity contribution in [3.05, 3.63) is 135 Å². The Kier molecular flexibility index (Phi) is 15.5. The molecule has 1 N–H and O–H groups in total. The Labute approximate surface area is 281 Å². The quantitative estimate of drug-likeness (QED) is 0.0923. The molecule has 0 amide bonds. The number of phenolic OH excluding ortho intramolecular Hbond substituents is 1. The Balaban J connectivity index is 1.71. The van der Waals surface area contributed by atoms with Gasteiger partial charge in [-0.15, -0.1) is 0 Å². The fourth-order valence-electron chi connectivity index (χ4n) is 7.05. The summed E-state index contributed by atoms with van der Waals surface area (Å²) in [7, 11) is 0. The third-order valence-electron chi connectivity index (χ3n) is 9.87. The number of hydrogen-bond donors (Lipinski definition) is 1. The monoisotopic (exact) mass is 616 g/mol. The van der Waals surface area contributed by atoms with Gasteiger partial charge in [0.1, 0.15) is 5.75 Å². The molecule has 0 saturated carbocycles. The molecule has 246 valence electrons. The Bertz CT molecular complexity index is 1450. The normalized spacial score (nSPS) is 11.3. The van der Waals surface area contributed by atoms with E-state index >= 15 is 0 Å². The molecule has 0 unspecified atom stereocenters. The van der Waals surface area contributed by atoms with E-state index in [0.717, 1.165) is 44.1 Å². The Morgan fingerprint density at radius 2 is 0.717 bits per heavy atom. The third kappa shape index (κ3) is 10.9. The summed E-state index contributed by atoms with van der Waals surface area (Å²) in [6.07, 6.45) is 21.2. The van der Waals surface area contributed by atoms with Gasteiger partial charge in [-0.1, -0.05) is 157 Å². The van der Waals surface area contributed by atoms with Gasteiger partial charge in [-0.05, 0) is 102 Å². The topological polar surface area (TPSA) is 20.2 Å². The number of aryl methyl sites for hydroxylation is 3. The van der Waals surface area contributed by atoms with Crippen LogP contribution in [0.2, 0.25) is 0 Å². The average Bonchev–Trinajstić information content (AvgIpc) is 3.08. The summed E-state index contributed by atoms with van der Waals surface area (Å²) in [4.78, 5) is 0. The molecule has 4 aromatic rings. The maximum atomic E-state index is 11.5. The minimum absolute atomic E-state index is 0.438. The molecule has 4 rings (SSSR count). The van der Waals surface area contributed by atoms with Crippen LogP contribution in [0.25, 0.3) is 0 Å². The van der Waals surface area contributed by atoms with Crippen LogP contribution in [0.4, 0.5) is 0 Å². The molecular formula is C45H60O. The van der Waals surface area contributed by atoms with Gasteiger partial charge in [0.05, 0.1) is 0 Å². The highest BCUT2D eigenvalue weighted by Gasteiger charge is 2.18. The van der Waals surface area contributed by atoms with Crippen molar-refractivity contribution >= 4 is 0 Å². The predicted molar refractivity (Wildman–Crippen MR) is 199 cm³/mol. The van der Waals surface area contributed by atoms with Gasteiger partial charge < -0.3 is 5.11 Å². The van der Waals surface area contributed by atoms with Crippen molar-refractivity contribution in [1.29, 1.82) is 0 Å². The molecule has 0 radical (unpaired) electrons. The molecule has 0 atom stereocenters. The van der Waals surface area contributed by atoms with Gasteiger partial charge in [0, 0.05) is 12.0 Å². The van der Waals surface area contributed by atoms with Crippen LogP contribution < -0.4 is 0 Å². The molecule has 1 heteroatoms. The molecule has 46 heavy (non-hydrogen) atoms. The zero-order valence-corrected chi connectivity index (χ0v) is 29.3. The van der Waals surface area contributed by atoms with Crippen LogP contribution in [-0.4, -0.2) is 5.11 Å². The molecule has 0 aliphatic heterocycles. The van der Waals surface area contributed by atoms with E-state index in [4.69, 9.17) is 0 Å². The molecule has 0 heterocycles. The van der Waals surface area contributed by atoms with E-state index in [0.29, 0.717) is 5.75 Å². The number of rotatable bonds is 21. The van der Waals surface area contributed by atoms with E-state index in [9.17, 15) is 5.11 Å². The smallest absolute Gasteiger partial charge is 0.119 e. The zero-order valence-electron chi connectivity index (χ0n) is 29.3. The largest absolute Gasteiger partial charge is 0.508 e. The second-order valence-corrected chi connectivity index (χ2v) is 13.5. The van der Waals surface area contributed by atoms with Gasteiger partial charge in [-0.25, -0.2) is 0 Å². The van der Waals surface area contributed by atoms with Crippen molar-refractivity contribution in [3.8, 4) is 5.75 Å². The average molecular weight is 617 g/mol. The second kappa shape index (κ2) is 20.0. The molecule has 0 aliphatic carbocycles. The first-order valence-electron chi connectivity index (χ1n) is 18.7. The number of aromatic hydroxyl groups is 1. The lowest BCUT2D eigenvalue weighted by Gasteiger charge is -2.21. The van der Waals surface area contributed by atoms with Crippen LogP contribution >= 0.6 is 0 Å². The molecule has 1 nitrogen and oxygen atoms in total. The summed E-state index contributed by atoms with van der Waals surface area (Å²) in [5, 5.41) is 11.5. The van der Waals surface area contributed by atoms with Crippen molar-refractivity contribution in [2.75, 3.05) is 0 Å². The summed E-state index contributed by atoms with van der Waals surface area (Å²) in [5.41, 5.74) is 12.4. The van der Waals surface area contributed by atoms with Gasteiger partial charge in [0.25, 0.3) is 0 Å². The summed E-state index contributed by atoms with van der Waals surface area (Å²) >= 11 is 0. The first-order valence-corrected chi connectivity index (χ1v) is 18.7. The second-order valence-electron chi connectivity index (χ2n) is 13.5. The third-order valence-corrected chi connectivity index (χ3v) is 9.87. The predicted octanol–water partition coefficient (Wildman–Crippen LogP) is 12.5. The van der Waals surface area contributed by atoms with Crippen LogP contribution in [0.5, 0.6) is 5.75 Å². The first kappa shape index (κ1) is 35.5. The minimum Gasteiger partial charge on any atom is -0.508 e. The van der Waals surface area contributed by atoms with E-state index < -0.39 is 0 Å². The maximum absolute atomic E-state index is 11.5. The zero-order chi connectivity index (χ0) is 32.4. The van der Waals surface area contributed by atoms with Gasteiger partial charge in [0.2, 0.25) is 0 Å². The molecule has 0 aromatic heterocycles. The fraction of sp³-hybridized carbons (Fsp3) is 0.467. The van der Waals surface area contributed by atoms with Crippen molar-refractivity contribution in [1.82, 2.24) is 0 Å². The number of benzene rings is 4. The summed E-state index contributed by atoms with van der Waals surface area (Å²) in [6.45, 7) is 6.84. The van der Waals surface area contributed by atoms with Gasteiger partial charge >= 0.3 is 0 Å². The number of unbranched alkanes of at least 4 members (excludes halogenated alkanes) is 9. The lowest BCUT2D eigenvalue weighted by Crippen LogP contribution is -2.07. The molecule has 0 bridgehead atoms. The molecular weight excluding hydrogens is 556 g/mol. The van der Waals surface area contributed by atoms with Crippen LogP contribution in [0.1, 0.15) is 148 Å². The van der Waals surface area contributed by atoms with Crippen LogP contribution in [0, 0.1) is 0 Å². The van der Waals surface area contributed by atoms with Gasteiger partial charge in [-0.2, -0.15) is 0 Å². The number of hydrogen-bond acceptors (Lipinski definition) is 1. The molecule has 4 aromatic carbocycles. The maximum Gasteiger partial charge on any atom is 0.119 e. The summed E-state index contributed by atoms with van der Waals surface area (Å²) < 4.78 is 0.